The van der Waals surface area contributed by atoms with Gasteiger partial charge in [-0.2, -0.15) is 0 Å². The highest BCUT2D eigenvalue weighted by molar-refractivity contribution is 6.02. The van der Waals surface area contributed by atoms with Gasteiger partial charge in [-0.15, -0.1) is 0 Å². The van der Waals surface area contributed by atoms with Crippen molar-refractivity contribution in [2.24, 2.45) is 5.73 Å². The molecule has 0 radical (unpaired) electrons. The van der Waals surface area contributed by atoms with Gasteiger partial charge >= 0.3 is 5.97 Å². The standard InChI is InChI=1S/C12H14N2O3/c1-14(11(17)12(13)6-7-12)9-4-2-8(3-5-9)10(15)16/h2-5H,6-7,13H2,1H3,(H,15,16). The van der Waals surface area contributed by atoms with E-state index >= 15 is 0 Å². The topological polar surface area (TPSA) is 83.6 Å². The average molecular weight is 234 g/mol. The van der Waals surface area contributed by atoms with Crippen LogP contribution < -0.4 is 10.6 Å². The zero-order valence-electron chi connectivity index (χ0n) is 9.51. The average Bonchev–Trinajstić information content (AvgIpc) is 3.07. The van der Waals surface area contributed by atoms with Crippen molar-refractivity contribution < 1.29 is 14.7 Å². The van der Waals surface area contributed by atoms with E-state index < -0.39 is 11.5 Å². The van der Waals surface area contributed by atoms with Crippen molar-refractivity contribution in [3.8, 4) is 0 Å². The fraction of sp³-hybridized carbons (Fsp3) is 0.333. The highest BCUT2D eigenvalue weighted by atomic mass is 16.4. The summed E-state index contributed by atoms with van der Waals surface area (Å²) in [6.45, 7) is 0. The Bertz CT molecular complexity index is 463. The minimum Gasteiger partial charge on any atom is -0.478 e. The molecular formula is C12H14N2O3. The number of carbonyl (C=O) groups is 2. The molecule has 5 nitrogen and oxygen atoms in total. The molecule has 1 amide bonds. The summed E-state index contributed by atoms with van der Waals surface area (Å²) in [5.74, 6) is -1.11. The molecule has 17 heavy (non-hydrogen) atoms. The Morgan fingerprint density at radius 1 is 1.29 bits per heavy atom. The van der Waals surface area contributed by atoms with Crippen LogP contribution in [0.15, 0.2) is 24.3 Å². The number of benzene rings is 1. The first-order valence-corrected chi connectivity index (χ1v) is 5.34. The van der Waals surface area contributed by atoms with E-state index in [4.69, 9.17) is 10.8 Å². The van der Waals surface area contributed by atoms with E-state index in [1.807, 2.05) is 0 Å². The fourth-order valence-corrected chi connectivity index (χ4v) is 1.63. The minimum atomic E-state index is -0.983. The van der Waals surface area contributed by atoms with Gasteiger partial charge in [0, 0.05) is 12.7 Å². The summed E-state index contributed by atoms with van der Waals surface area (Å²) >= 11 is 0. The quantitative estimate of drug-likeness (QED) is 0.811. The molecule has 1 fully saturated rings. The van der Waals surface area contributed by atoms with E-state index in [0.717, 1.165) is 0 Å². The third kappa shape index (κ3) is 2.14. The number of nitrogens with zero attached hydrogens (tertiary/aromatic N) is 1. The Kier molecular flexibility index (Phi) is 2.63. The van der Waals surface area contributed by atoms with E-state index in [1.165, 1.54) is 17.0 Å². The third-order valence-corrected chi connectivity index (χ3v) is 3.02. The van der Waals surface area contributed by atoms with Crippen LogP contribution in [0.1, 0.15) is 23.2 Å². The molecule has 0 atom stereocenters. The van der Waals surface area contributed by atoms with Gasteiger partial charge in [0.05, 0.1) is 11.1 Å². The van der Waals surface area contributed by atoms with E-state index in [2.05, 4.69) is 0 Å². The van der Waals surface area contributed by atoms with Crippen LogP contribution in [-0.2, 0) is 4.79 Å². The van der Waals surface area contributed by atoms with E-state index in [1.54, 1.807) is 19.2 Å². The smallest absolute Gasteiger partial charge is 0.335 e. The van der Waals surface area contributed by atoms with Gasteiger partial charge in [-0.05, 0) is 37.1 Å². The first-order valence-electron chi connectivity index (χ1n) is 5.34. The lowest BCUT2D eigenvalue weighted by molar-refractivity contribution is -0.120. The van der Waals surface area contributed by atoms with Crippen LogP contribution in [-0.4, -0.2) is 29.6 Å². The Morgan fingerprint density at radius 2 is 1.82 bits per heavy atom. The Morgan fingerprint density at radius 3 is 2.24 bits per heavy atom. The van der Waals surface area contributed by atoms with Crippen molar-refractivity contribution >= 4 is 17.6 Å². The number of nitrogens with two attached hydrogens (primary N) is 1. The van der Waals surface area contributed by atoms with Crippen molar-refractivity contribution in [2.45, 2.75) is 18.4 Å². The SMILES string of the molecule is CN(C(=O)C1(N)CC1)c1ccc(C(=O)O)cc1. The molecule has 90 valence electrons. The molecule has 0 aliphatic heterocycles. The molecule has 1 saturated carbocycles. The molecule has 3 N–H and O–H groups in total. The Balaban J connectivity index is 2.17. The number of carboxylic acid groups (broad SMARTS) is 1. The zero-order chi connectivity index (χ0) is 12.6. The van der Waals surface area contributed by atoms with Gasteiger partial charge in [-0.1, -0.05) is 0 Å². The number of hydrogen-bond acceptors (Lipinski definition) is 3. The second-order valence-corrected chi connectivity index (χ2v) is 4.37. The highest BCUT2D eigenvalue weighted by Gasteiger charge is 2.47. The van der Waals surface area contributed by atoms with Gasteiger partial charge in [0.25, 0.3) is 0 Å². The lowest BCUT2D eigenvalue weighted by Gasteiger charge is -2.21. The lowest BCUT2D eigenvalue weighted by atomic mass is 10.2. The molecule has 0 bridgehead atoms. The molecule has 2 rings (SSSR count). The molecule has 0 aromatic heterocycles. The van der Waals surface area contributed by atoms with E-state index in [9.17, 15) is 9.59 Å². The second kappa shape index (κ2) is 3.85. The number of aromatic carboxylic acids is 1. The molecule has 1 aromatic carbocycles. The van der Waals surface area contributed by atoms with Crippen LogP contribution >= 0.6 is 0 Å². The molecular weight excluding hydrogens is 220 g/mol. The number of amides is 1. The van der Waals surface area contributed by atoms with Crippen molar-refractivity contribution in [1.29, 1.82) is 0 Å². The predicted octanol–water partition coefficient (Wildman–Crippen LogP) is 0.839. The lowest BCUT2D eigenvalue weighted by Crippen LogP contribution is -2.43. The molecule has 1 aliphatic carbocycles. The fourth-order valence-electron chi connectivity index (χ4n) is 1.63. The van der Waals surface area contributed by atoms with Crippen molar-refractivity contribution in [2.75, 3.05) is 11.9 Å². The van der Waals surface area contributed by atoms with Gasteiger partial charge in [-0.25, -0.2) is 4.79 Å². The maximum Gasteiger partial charge on any atom is 0.335 e. The molecule has 5 heteroatoms. The number of carbonyl (C=O) groups excluding carboxylic acids is 1. The number of anilines is 1. The van der Waals surface area contributed by atoms with E-state index in [0.29, 0.717) is 18.5 Å². The summed E-state index contributed by atoms with van der Waals surface area (Å²) in [7, 11) is 1.64. The highest BCUT2D eigenvalue weighted by Crippen LogP contribution is 2.35. The van der Waals surface area contributed by atoms with Crippen LogP contribution in [0.3, 0.4) is 0 Å². The summed E-state index contributed by atoms with van der Waals surface area (Å²) in [6.07, 6.45) is 1.42. The molecule has 1 aliphatic rings. The molecule has 0 spiro atoms. The van der Waals surface area contributed by atoms with Gasteiger partial charge in [0.1, 0.15) is 0 Å². The van der Waals surface area contributed by atoms with E-state index in [-0.39, 0.29) is 11.5 Å². The third-order valence-electron chi connectivity index (χ3n) is 3.02. The first-order chi connectivity index (χ1) is 7.94. The van der Waals surface area contributed by atoms with Crippen molar-refractivity contribution in [1.82, 2.24) is 0 Å². The number of rotatable bonds is 3. The monoisotopic (exact) mass is 234 g/mol. The summed E-state index contributed by atoms with van der Waals surface area (Å²) in [6, 6.07) is 6.15. The summed E-state index contributed by atoms with van der Waals surface area (Å²) in [5.41, 5.74) is 5.96. The molecule has 0 heterocycles. The number of carboxylic acids is 1. The maximum atomic E-state index is 11.9. The van der Waals surface area contributed by atoms with Gasteiger partial charge < -0.3 is 15.7 Å². The van der Waals surface area contributed by atoms with Crippen LogP contribution in [0, 0.1) is 0 Å². The van der Waals surface area contributed by atoms with Crippen LogP contribution in [0.25, 0.3) is 0 Å². The Labute approximate surface area is 98.8 Å². The van der Waals surface area contributed by atoms with Crippen LogP contribution in [0.2, 0.25) is 0 Å². The predicted molar refractivity (Wildman–Crippen MR) is 63.0 cm³/mol. The zero-order valence-corrected chi connectivity index (χ0v) is 9.51. The molecule has 1 aromatic rings. The summed E-state index contributed by atoms with van der Waals surface area (Å²) in [4.78, 5) is 24.1. The number of likely N-dealkylation sites (N-methyl/N-ethyl adjacent to an activating group) is 1. The molecule has 0 unspecified atom stereocenters. The summed E-state index contributed by atoms with van der Waals surface area (Å²) < 4.78 is 0. The molecule has 0 saturated heterocycles. The van der Waals surface area contributed by atoms with Crippen molar-refractivity contribution in [3.05, 3.63) is 29.8 Å². The van der Waals surface area contributed by atoms with Crippen LogP contribution in [0.5, 0.6) is 0 Å². The van der Waals surface area contributed by atoms with Gasteiger partial charge in [0.2, 0.25) is 5.91 Å². The van der Waals surface area contributed by atoms with Crippen LogP contribution in [0.4, 0.5) is 5.69 Å². The maximum absolute atomic E-state index is 11.9. The Hall–Kier alpha value is -1.88. The first kappa shape index (κ1) is 11.6. The van der Waals surface area contributed by atoms with Crippen molar-refractivity contribution in [3.63, 3.8) is 0 Å². The van der Waals surface area contributed by atoms with Gasteiger partial charge in [-0.3, -0.25) is 4.79 Å². The summed E-state index contributed by atoms with van der Waals surface area (Å²) in [5, 5.41) is 8.76. The largest absolute Gasteiger partial charge is 0.478 e. The normalized spacial score (nSPS) is 16.4. The second-order valence-electron chi connectivity index (χ2n) is 4.37. The van der Waals surface area contributed by atoms with Gasteiger partial charge in [0.15, 0.2) is 0 Å². The minimum absolute atomic E-state index is 0.124. The number of hydrogen-bond donors (Lipinski definition) is 2.